The van der Waals surface area contributed by atoms with E-state index in [-0.39, 0.29) is 23.4 Å². The molecule has 0 aliphatic carbocycles. The summed E-state index contributed by atoms with van der Waals surface area (Å²) in [6, 6.07) is 8.30. The lowest BCUT2D eigenvalue weighted by Gasteiger charge is -2.27. The van der Waals surface area contributed by atoms with E-state index in [9.17, 15) is 13.2 Å². The van der Waals surface area contributed by atoms with Crippen LogP contribution in [0.15, 0.2) is 35.2 Å². The molecule has 0 radical (unpaired) electrons. The predicted molar refractivity (Wildman–Crippen MR) is 78.8 cm³/mol. The van der Waals surface area contributed by atoms with Crippen LogP contribution in [0.1, 0.15) is 27.2 Å². The standard InChI is InChI=1S/C14H22N2O3S/c1-4-12(2)16(13(3)17)11-10-15-20(18,19)14-8-6-5-7-9-14/h5-9,12,15H,4,10-11H2,1-3H3. The molecule has 6 heteroatoms. The van der Waals surface area contributed by atoms with Gasteiger partial charge < -0.3 is 4.90 Å². The lowest BCUT2D eigenvalue weighted by Crippen LogP contribution is -2.42. The summed E-state index contributed by atoms with van der Waals surface area (Å²) >= 11 is 0. The zero-order valence-corrected chi connectivity index (χ0v) is 13.0. The van der Waals surface area contributed by atoms with E-state index in [4.69, 9.17) is 0 Å². The molecule has 1 aromatic carbocycles. The molecule has 112 valence electrons. The van der Waals surface area contributed by atoms with E-state index < -0.39 is 10.0 Å². The largest absolute Gasteiger partial charge is 0.339 e. The summed E-state index contributed by atoms with van der Waals surface area (Å²) in [7, 11) is -3.50. The summed E-state index contributed by atoms with van der Waals surface area (Å²) in [5.74, 6) is -0.0433. The van der Waals surface area contributed by atoms with Crippen molar-refractivity contribution in [3.63, 3.8) is 0 Å². The molecule has 1 rings (SSSR count). The Balaban J connectivity index is 2.61. The molecule has 1 N–H and O–H groups in total. The Labute approximate surface area is 121 Å². The van der Waals surface area contributed by atoms with Crippen LogP contribution in [-0.4, -0.2) is 38.4 Å². The fourth-order valence-electron chi connectivity index (χ4n) is 1.89. The molecule has 1 amide bonds. The fraction of sp³-hybridized carbons (Fsp3) is 0.500. The number of hydrogen-bond donors (Lipinski definition) is 1. The summed E-state index contributed by atoms with van der Waals surface area (Å²) < 4.78 is 26.5. The van der Waals surface area contributed by atoms with Gasteiger partial charge in [0.15, 0.2) is 0 Å². The van der Waals surface area contributed by atoms with Crippen molar-refractivity contribution in [1.29, 1.82) is 0 Å². The third kappa shape index (κ3) is 4.61. The highest BCUT2D eigenvalue weighted by Crippen LogP contribution is 2.07. The van der Waals surface area contributed by atoms with Gasteiger partial charge in [-0.2, -0.15) is 0 Å². The first-order valence-corrected chi connectivity index (χ1v) is 8.18. The third-order valence-corrected chi connectivity index (χ3v) is 4.70. The summed E-state index contributed by atoms with van der Waals surface area (Å²) in [6.07, 6.45) is 0.838. The highest BCUT2D eigenvalue weighted by Gasteiger charge is 2.17. The van der Waals surface area contributed by atoms with Crippen LogP contribution in [0.4, 0.5) is 0 Å². The molecule has 0 heterocycles. The van der Waals surface area contributed by atoms with Crippen molar-refractivity contribution in [3.8, 4) is 0 Å². The first-order valence-electron chi connectivity index (χ1n) is 6.70. The molecule has 0 aromatic heterocycles. The van der Waals surface area contributed by atoms with E-state index >= 15 is 0 Å². The van der Waals surface area contributed by atoms with Gasteiger partial charge in [-0.15, -0.1) is 0 Å². The van der Waals surface area contributed by atoms with Crippen LogP contribution in [-0.2, 0) is 14.8 Å². The Kier molecular flexibility index (Phi) is 6.16. The van der Waals surface area contributed by atoms with E-state index in [2.05, 4.69) is 4.72 Å². The highest BCUT2D eigenvalue weighted by atomic mass is 32.2. The van der Waals surface area contributed by atoms with Gasteiger partial charge in [0.1, 0.15) is 0 Å². The normalized spacial score (nSPS) is 12.9. The molecule has 5 nitrogen and oxygen atoms in total. The quantitative estimate of drug-likeness (QED) is 0.831. The molecule has 0 aliphatic heterocycles. The number of benzene rings is 1. The molecule has 1 aromatic rings. The number of hydrogen-bond acceptors (Lipinski definition) is 3. The van der Waals surface area contributed by atoms with Gasteiger partial charge in [-0.25, -0.2) is 13.1 Å². The lowest BCUT2D eigenvalue weighted by atomic mass is 10.2. The Bertz CT molecular complexity index is 529. The van der Waals surface area contributed by atoms with Crippen LogP contribution in [0.2, 0.25) is 0 Å². The number of amides is 1. The summed E-state index contributed by atoms with van der Waals surface area (Å²) in [4.78, 5) is 13.4. The van der Waals surface area contributed by atoms with Crippen molar-refractivity contribution in [1.82, 2.24) is 9.62 Å². The van der Waals surface area contributed by atoms with Gasteiger partial charge in [-0.1, -0.05) is 25.1 Å². The van der Waals surface area contributed by atoms with Gasteiger partial charge in [-0.3, -0.25) is 4.79 Å². The van der Waals surface area contributed by atoms with E-state index in [1.54, 1.807) is 35.2 Å². The zero-order valence-electron chi connectivity index (χ0n) is 12.2. The average Bonchev–Trinajstić information content (AvgIpc) is 2.43. The monoisotopic (exact) mass is 298 g/mol. The number of carbonyl (C=O) groups excluding carboxylic acids is 1. The van der Waals surface area contributed by atoms with Crippen molar-refractivity contribution < 1.29 is 13.2 Å². The number of nitrogens with one attached hydrogen (secondary N) is 1. The summed E-state index contributed by atoms with van der Waals surface area (Å²) in [5.41, 5.74) is 0. The maximum absolute atomic E-state index is 12.0. The van der Waals surface area contributed by atoms with Crippen molar-refractivity contribution in [2.75, 3.05) is 13.1 Å². The molecule has 0 bridgehead atoms. The smallest absolute Gasteiger partial charge is 0.240 e. The Morgan fingerprint density at radius 1 is 1.30 bits per heavy atom. The van der Waals surface area contributed by atoms with Crippen LogP contribution in [0.5, 0.6) is 0 Å². The van der Waals surface area contributed by atoms with Crippen LogP contribution >= 0.6 is 0 Å². The van der Waals surface area contributed by atoms with Gasteiger partial charge in [0.2, 0.25) is 15.9 Å². The number of carbonyl (C=O) groups is 1. The molecule has 1 unspecified atom stereocenters. The maximum Gasteiger partial charge on any atom is 0.240 e. The van der Waals surface area contributed by atoms with Gasteiger partial charge in [-0.05, 0) is 25.5 Å². The van der Waals surface area contributed by atoms with Crippen LogP contribution in [0.25, 0.3) is 0 Å². The number of rotatable bonds is 7. The molecular weight excluding hydrogens is 276 g/mol. The van der Waals surface area contributed by atoms with Crippen molar-refractivity contribution in [2.45, 2.75) is 38.1 Å². The second kappa shape index (κ2) is 7.40. The minimum atomic E-state index is -3.50. The van der Waals surface area contributed by atoms with Crippen LogP contribution in [0.3, 0.4) is 0 Å². The molecule has 0 aliphatic rings. The van der Waals surface area contributed by atoms with Gasteiger partial charge in [0.05, 0.1) is 4.90 Å². The fourth-order valence-corrected chi connectivity index (χ4v) is 2.93. The SMILES string of the molecule is CCC(C)N(CCNS(=O)(=O)c1ccccc1)C(C)=O. The Morgan fingerprint density at radius 2 is 1.90 bits per heavy atom. The van der Waals surface area contributed by atoms with Crippen molar-refractivity contribution in [3.05, 3.63) is 30.3 Å². The topological polar surface area (TPSA) is 66.5 Å². The van der Waals surface area contributed by atoms with Crippen molar-refractivity contribution in [2.24, 2.45) is 0 Å². The van der Waals surface area contributed by atoms with Crippen LogP contribution in [0, 0.1) is 0 Å². The third-order valence-electron chi connectivity index (χ3n) is 3.23. The summed E-state index contributed by atoms with van der Waals surface area (Å²) in [6.45, 7) is 6.03. The summed E-state index contributed by atoms with van der Waals surface area (Å²) in [5, 5.41) is 0. The predicted octanol–water partition coefficient (Wildman–Crippen LogP) is 1.61. The van der Waals surface area contributed by atoms with Crippen LogP contribution < -0.4 is 4.72 Å². The first kappa shape index (κ1) is 16.7. The van der Waals surface area contributed by atoms with E-state index in [0.29, 0.717) is 6.54 Å². The zero-order chi connectivity index (χ0) is 15.2. The van der Waals surface area contributed by atoms with Crippen molar-refractivity contribution >= 4 is 15.9 Å². The minimum Gasteiger partial charge on any atom is -0.339 e. The maximum atomic E-state index is 12.0. The number of nitrogens with zero attached hydrogens (tertiary/aromatic N) is 1. The Hall–Kier alpha value is -1.40. The minimum absolute atomic E-state index is 0.0433. The highest BCUT2D eigenvalue weighted by molar-refractivity contribution is 7.89. The van der Waals surface area contributed by atoms with E-state index in [1.807, 2.05) is 13.8 Å². The second-order valence-corrected chi connectivity index (χ2v) is 6.45. The first-order chi connectivity index (χ1) is 9.38. The molecule has 0 saturated carbocycles. The molecule has 1 atom stereocenters. The van der Waals surface area contributed by atoms with Gasteiger partial charge >= 0.3 is 0 Å². The lowest BCUT2D eigenvalue weighted by molar-refractivity contribution is -0.130. The average molecular weight is 298 g/mol. The molecular formula is C14H22N2O3S. The number of sulfonamides is 1. The molecule has 0 fully saturated rings. The van der Waals surface area contributed by atoms with Gasteiger partial charge in [0, 0.05) is 26.1 Å². The molecule has 0 spiro atoms. The molecule has 20 heavy (non-hydrogen) atoms. The van der Waals surface area contributed by atoms with E-state index in [0.717, 1.165) is 6.42 Å². The van der Waals surface area contributed by atoms with Gasteiger partial charge in [0.25, 0.3) is 0 Å². The second-order valence-electron chi connectivity index (χ2n) is 4.68. The van der Waals surface area contributed by atoms with E-state index in [1.165, 1.54) is 6.92 Å². The Morgan fingerprint density at radius 3 is 2.40 bits per heavy atom. The molecule has 0 saturated heterocycles.